The van der Waals surface area contributed by atoms with Crippen LogP contribution in [0.15, 0.2) is 47.4 Å². The third-order valence-electron chi connectivity index (χ3n) is 4.22. The third kappa shape index (κ3) is 5.27. The molecule has 0 bridgehead atoms. The number of carbonyl (C=O) groups excluding carboxylic acids is 2. The number of thioether (sulfide) groups is 1. The van der Waals surface area contributed by atoms with Crippen LogP contribution in [0.2, 0.25) is 5.02 Å². The molecule has 146 valence electrons. The zero-order valence-electron chi connectivity index (χ0n) is 15.1. The van der Waals surface area contributed by atoms with E-state index in [0.717, 1.165) is 23.4 Å². The number of carboxylic acids is 1. The van der Waals surface area contributed by atoms with Gasteiger partial charge in [0, 0.05) is 16.5 Å². The Kier molecular flexibility index (Phi) is 6.26. The minimum Gasteiger partial charge on any atom is -0.478 e. The lowest BCUT2D eigenvalue weighted by molar-refractivity contribution is -0.117. The summed E-state index contributed by atoms with van der Waals surface area (Å²) in [5.41, 5.74) is 1.04. The summed E-state index contributed by atoms with van der Waals surface area (Å²) in [6.07, 6.45) is 1.90. The van der Waals surface area contributed by atoms with Crippen molar-refractivity contribution >= 4 is 52.5 Å². The number of carboxylic acid groups (broad SMARTS) is 1. The first-order valence-electron chi connectivity index (χ1n) is 8.75. The first-order chi connectivity index (χ1) is 13.3. The molecular formula is C20H19ClN2O4S. The van der Waals surface area contributed by atoms with Gasteiger partial charge in [0.25, 0.3) is 0 Å². The van der Waals surface area contributed by atoms with Crippen LogP contribution in [0.4, 0.5) is 11.4 Å². The lowest BCUT2D eigenvalue weighted by Gasteiger charge is -2.14. The van der Waals surface area contributed by atoms with Crippen molar-refractivity contribution in [1.29, 1.82) is 0 Å². The third-order valence-corrected chi connectivity index (χ3v) is 5.66. The van der Waals surface area contributed by atoms with E-state index < -0.39 is 11.2 Å². The Bertz CT molecular complexity index is 913. The zero-order valence-corrected chi connectivity index (χ0v) is 16.6. The highest BCUT2D eigenvalue weighted by Crippen LogP contribution is 2.31. The van der Waals surface area contributed by atoms with E-state index in [9.17, 15) is 14.4 Å². The van der Waals surface area contributed by atoms with Crippen LogP contribution in [0.1, 0.15) is 30.1 Å². The van der Waals surface area contributed by atoms with Crippen molar-refractivity contribution in [3.05, 3.63) is 53.1 Å². The van der Waals surface area contributed by atoms with Gasteiger partial charge in [0.15, 0.2) is 0 Å². The van der Waals surface area contributed by atoms with E-state index >= 15 is 0 Å². The van der Waals surface area contributed by atoms with Crippen molar-refractivity contribution < 1.29 is 19.5 Å². The maximum Gasteiger partial charge on any atom is 0.335 e. The van der Waals surface area contributed by atoms with Gasteiger partial charge >= 0.3 is 5.97 Å². The van der Waals surface area contributed by atoms with Crippen LogP contribution in [-0.2, 0) is 9.59 Å². The Hall–Kier alpha value is -2.51. The highest BCUT2D eigenvalue weighted by Gasteiger charge is 2.29. The average Bonchev–Trinajstić information content (AvgIpc) is 3.50. The van der Waals surface area contributed by atoms with Gasteiger partial charge in [0.05, 0.1) is 21.5 Å². The van der Waals surface area contributed by atoms with E-state index in [-0.39, 0.29) is 34.0 Å². The Morgan fingerprint density at radius 1 is 1.11 bits per heavy atom. The lowest BCUT2D eigenvalue weighted by atomic mass is 10.2. The molecule has 1 aliphatic rings. The largest absolute Gasteiger partial charge is 0.478 e. The average molecular weight is 419 g/mol. The number of amides is 2. The van der Waals surface area contributed by atoms with Crippen LogP contribution in [0, 0.1) is 5.92 Å². The molecule has 2 aromatic carbocycles. The quantitative estimate of drug-likeness (QED) is 0.575. The van der Waals surface area contributed by atoms with E-state index in [2.05, 4.69) is 10.6 Å². The first-order valence-corrected chi connectivity index (χ1v) is 10.0. The van der Waals surface area contributed by atoms with E-state index in [1.54, 1.807) is 19.1 Å². The molecular weight excluding hydrogens is 400 g/mol. The molecule has 2 amide bonds. The molecule has 1 aliphatic carbocycles. The molecule has 1 saturated carbocycles. The summed E-state index contributed by atoms with van der Waals surface area (Å²) in [5.74, 6) is -1.19. The summed E-state index contributed by atoms with van der Waals surface area (Å²) in [5, 5.41) is 14.4. The van der Waals surface area contributed by atoms with E-state index in [4.69, 9.17) is 16.7 Å². The van der Waals surface area contributed by atoms with Crippen molar-refractivity contribution in [2.75, 3.05) is 10.6 Å². The summed E-state index contributed by atoms with van der Waals surface area (Å²) in [6.45, 7) is 1.75. The standard InChI is InChI=1S/C20H19ClN2O4S/c1-11(18(24)23-17-10-13(20(26)27)4-9-16(17)21)28-15-7-5-14(6-8-15)22-19(25)12-2-3-12/h4-12H,2-3H2,1H3,(H,22,25)(H,23,24)(H,26,27). The molecule has 6 nitrogen and oxygen atoms in total. The van der Waals surface area contributed by atoms with Gasteiger partial charge < -0.3 is 15.7 Å². The number of anilines is 2. The molecule has 1 fully saturated rings. The van der Waals surface area contributed by atoms with Gasteiger partial charge in [-0.2, -0.15) is 0 Å². The van der Waals surface area contributed by atoms with Gasteiger partial charge in [-0.15, -0.1) is 11.8 Å². The molecule has 0 aromatic heterocycles. The van der Waals surface area contributed by atoms with Gasteiger partial charge in [-0.1, -0.05) is 11.6 Å². The molecule has 1 atom stereocenters. The van der Waals surface area contributed by atoms with Crippen molar-refractivity contribution in [3.8, 4) is 0 Å². The minimum absolute atomic E-state index is 0.0452. The summed E-state index contributed by atoms with van der Waals surface area (Å²) >= 11 is 7.40. The maximum atomic E-state index is 12.4. The molecule has 8 heteroatoms. The summed E-state index contributed by atoms with van der Waals surface area (Å²) in [7, 11) is 0. The van der Waals surface area contributed by atoms with Crippen LogP contribution in [-0.4, -0.2) is 28.1 Å². The number of halogens is 1. The number of hydrogen-bond acceptors (Lipinski definition) is 4. The predicted octanol–water partition coefficient (Wildman–Crippen LogP) is 4.51. The van der Waals surface area contributed by atoms with Crippen LogP contribution in [0.5, 0.6) is 0 Å². The maximum absolute atomic E-state index is 12.4. The fraction of sp³-hybridized carbons (Fsp3) is 0.250. The molecule has 0 heterocycles. The fourth-order valence-corrected chi connectivity index (χ4v) is 3.49. The number of benzene rings is 2. The number of nitrogens with one attached hydrogen (secondary N) is 2. The predicted molar refractivity (Wildman–Crippen MR) is 110 cm³/mol. The SMILES string of the molecule is CC(Sc1ccc(NC(=O)C2CC2)cc1)C(=O)Nc1cc(C(=O)O)ccc1Cl. The Morgan fingerprint density at radius 3 is 2.39 bits per heavy atom. The lowest BCUT2D eigenvalue weighted by Crippen LogP contribution is -2.22. The van der Waals surface area contributed by atoms with Gasteiger partial charge in [-0.3, -0.25) is 9.59 Å². The molecule has 0 radical (unpaired) electrons. The van der Waals surface area contributed by atoms with E-state index in [1.807, 2.05) is 12.1 Å². The molecule has 2 aromatic rings. The number of aromatic carboxylic acids is 1. The normalized spacial score (nSPS) is 14.2. The second-order valence-corrected chi connectivity index (χ2v) is 8.36. The minimum atomic E-state index is -1.09. The highest BCUT2D eigenvalue weighted by molar-refractivity contribution is 8.00. The van der Waals surface area contributed by atoms with E-state index in [1.165, 1.54) is 30.0 Å². The van der Waals surface area contributed by atoms with Crippen molar-refractivity contribution in [2.24, 2.45) is 5.92 Å². The van der Waals surface area contributed by atoms with Gasteiger partial charge in [-0.25, -0.2) is 4.79 Å². The Morgan fingerprint density at radius 2 is 1.79 bits per heavy atom. The van der Waals surface area contributed by atoms with Gasteiger partial charge in [0.2, 0.25) is 11.8 Å². The number of carbonyl (C=O) groups is 3. The van der Waals surface area contributed by atoms with Crippen molar-refractivity contribution in [1.82, 2.24) is 0 Å². The summed E-state index contributed by atoms with van der Waals surface area (Å²) in [4.78, 5) is 36.2. The van der Waals surface area contributed by atoms with Gasteiger partial charge in [-0.05, 0) is 62.2 Å². The molecule has 28 heavy (non-hydrogen) atoms. The summed E-state index contributed by atoms with van der Waals surface area (Å²) in [6, 6.07) is 11.4. The van der Waals surface area contributed by atoms with Crippen molar-refractivity contribution in [3.63, 3.8) is 0 Å². The monoisotopic (exact) mass is 418 g/mol. The molecule has 1 unspecified atom stereocenters. The Labute approximate surface area is 171 Å². The number of rotatable bonds is 7. The molecule has 0 aliphatic heterocycles. The van der Waals surface area contributed by atoms with Gasteiger partial charge in [0.1, 0.15) is 0 Å². The molecule has 0 spiro atoms. The van der Waals surface area contributed by atoms with E-state index in [0.29, 0.717) is 0 Å². The first kappa shape index (κ1) is 20.2. The van der Waals surface area contributed by atoms with Crippen LogP contribution >= 0.6 is 23.4 Å². The molecule has 3 N–H and O–H groups in total. The number of hydrogen-bond donors (Lipinski definition) is 3. The molecule has 3 rings (SSSR count). The van der Waals surface area contributed by atoms with Crippen molar-refractivity contribution in [2.45, 2.75) is 29.9 Å². The Balaban J connectivity index is 1.58. The van der Waals surface area contributed by atoms with Crippen LogP contribution in [0.25, 0.3) is 0 Å². The van der Waals surface area contributed by atoms with Crippen LogP contribution < -0.4 is 10.6 Å². The zero-order chi connectivity index (χ0) is 20.3. The second-order valence-electron chi connectivity index (χ2n) is 6.54. The van der Waals surface area contributed by atoms with Crippen LogP contribution in [0.3, 0.4) is 0 Å². The smallest absolute Gasteiger partial charge is 0.335 e. The molecule has 0 saturated heterocycles. The topological polar surface area (TPSA) is 95.5 Å². The summed E-state index contributed by atoms with van der Waals surface area (Å²) < 4.78 is 0. The highest BCUT2D eigenvalue weighted by atomic mass is 35.5. The second kappa shape index (κ2) is 8.67. The fourth-order valence-electron chi connectivity index (χ4n) is 2.45.